The van der Waals surface area contributed by atoms with Crippen molar-refractivity contribution in [2.45, 2.75) is 51.6 Å². The lowest BCUT2D eigenvalue weighted by molar-refractivity contribution is -0.168. The average Bonchev–Trinajstić information content (AvgIpc) is 2.18. The van der Waals surface area contributed by atoms with Crippen molar-refractivity contribution in [3.8, 4) is 0 Å². The monoisotopic (exact) mass is 293 g/mol. The fourth-order valence-electron chi connectivity index (χ4n) is 2.20. The third-order valence-corrected chi connectivity index (χ3v) is 3.13. The van der Waals surface area contributed by atoms with E-state index in [1.807, 2.05) is 0 Å². The van der Waals surface area contributed by atoms with Crippen LogP contribution in [0.1, 0.15) is 40.0 Å². The minimum Gasteiger partial charge on any atom is -0.477 e. The van der Waals surface area contributed by atoms with Gasteiger partial charge in [0.15, 0.2) is 0 Å². The first-order chi connectivity index (χ1) is 8.99. The summed E-state index contributed by atoms with van der Waals surface area (Å²) in [5.74, 6) is -5.93. The maximum Gasteiger partial charge on any atom is 0.407 e. The van der Waals surface area contributed by atoms with Crippen LogP contribution in [0.15, 0.2) is 0 Å². The van der Waals surface area contributed by atoms with Crippen molar-refractivity contribution >= 4 is 12.1 Å². The Labute approximate surface area is 116 Å². The number of ether oxygens (including phenoxy) is 1. The minimum atomic E-state index is -3.66. The Morgan fingerprint density at radius 1 is 1.25 bits per heavy atom. The number of nitrogens with one attached hydrogen (secondary N) is 1. The summed E-state index contributed by atoms with van der Waals surface area (Å²) >= 11 is 0. The van der Waals surface area contributed by atoms with E-state index in [0.717, 1.165) is 0 Å². The van der Waals surface area contributed by atoms with Crippen molar-refractivity contribution < 1.29 is 28.2 Å². The molecular weight excluding hydrogens is 272 g/mol. The number of carbonyl (C=O) groups excluding carboxylic acids is 1. The van der Waals surface area contributed by atoms with Gasteiger partial charge in [-0.2, -0.15) is 8.78 Å². The van der Waals surface area contributed by atoms with Gasteiger partial charge in [-0.25, -0.2) is 9.59 Å². The lowest BCUT2D eigenvalue weighted by Crippen LogP contribution is -2.41. The van der Waals surface area contributed by atoms with Crippen molar-refractivity contribution in [1.29, 1.82) is 0 Å². The zero-order valence-corrected chi connectivity index (χ0v) is 11.9. The first kappa shape index (κ1) is 16.7. The molecule has 1 fully saturated rings. The number of alkyl halides is 2. The summed E-state index contributed by atoms with van der Waals surface area (Å²) in [6.45, 7) is 5.61. The molecule has 116 valence electrons. The van der Waals surface area contributed by atoms with E-state index in [2.05, 4.69) is 5.32 Å². The number of carboxylic acid groups (broad SMARTS) is 1. The van der Waals surface area contributed by atoms with Crippen LogP contribution in [0.2, 0.25) is 0 Å². The number of alkyl carbamates (subject to hydrolysis) is 1. The fourth-order valence-corrected chi connectivity index (χ4v) is 2.20. The van der Waals surface area contributed by atoms with Crippen LogP contribution in [0.3, 0.4) is 0 Å². The quantitative estimate of drug-likeness (QED) is 0.817. The first-order valence-corrected chi connectivity index (χ1v) is 6.57. The Bertz CT molecular complexity index is 373. The molecule has 0 atom stereocenters. The van der Waals surface area contributed by atoms with Crippen LogP contribution in [0.5, 0.6) is 0 Å². The van der Waals surface area contributed by atoms with Crippen LogP contribution < -0.4 is 5.32 Å². The van der Waals surface area contributed by atoms with E-state index < -0.39 is 30.0 Å². The lowest BCUT2D eigenvalue weighted by atomic mass is 9.72. The van der Waals surface area contributed by atoms with E-state index in [1.165, 1.54) is 0 Å². The number of carboxylic acids is 1. The van der Waals surface area contributed by atoms with E-state index in [0.29, 0.717) is 19.4 Å². The van der Waals surface area contributed by atoms with Gasteiger partial charge in [0.2, 0.25) is 0 Å². The van der Waals surface area contributed by atoms with Gasteiger partial charge >= 0.3 is 18.0 Å². The SMILES string of the molecule is CC(C)(C)OC(=O)NCC1CC(CC(F)(F)C(=O)O)C1. The number of carbonyl (C=O) groups is 2. The number of hydrogen-bond donors (Lipinski definition) is 2. The zero-order chi connectivity index (χ0) is 15.6. The van der Waals surface area contributed by atoms with Crippen LogP contribution in [-0.2, 0) is 9.53 Å². The molecule has 7 heteroatoms. The topological polar surface area (TPSA) is 75.6 Å². The molecule has 0 bridgehead atoms. The highest BCUT2D eigenvalue weighted by molar-refractivity contribution is 5.75. The van der Waals surface area contributed by atoms with E-state index in [1.54, 1.807) is 20.8 Å². The lowest BCUT2D eigenvalue weighted by Gasteiger charge is -2.36. The van der Waals surface area contributed by atoms with E-state index in [-0.39, 0.29) is 11.8 Å². The Balaban J connectivity index is 2.20. The van der Waals surface area contributed by atoms with Gasteiger partial charge in [0, 0.05) is 13.0 Å². The molecule has 5 nitrogen and oxygen atoms in total. The smallest absolute Gasteiger partial charge is 0.407 e. The van der Waals surface area contributed by atoms with Crippen molar-refractivity contribution in [2.75, 3.05) is 6.54 Å². The summed E-state index contributed by atoms with van der Waals surface area (Å²) < 4.78 is 31.0. The molecule has 1 rings (SSSR count). The van der Waals surface area contributed by atoms with E-state index in [9.17, 15) is 18.4 Å². The second-order valence-corrected chi connectivity index (χ2v) is 6.30. The third kappa shape index (κ3) is 5.30. The number of rotatable bonds is 5. The van der Waals surface area contributed by atoms with Gasteiger partial charge < -0.3 is 15.2 Å². The van der Waals surface area contributed by atoms with Gasteiger partial charge in [-0.1, -0.05) is 0 Å². The maximum atomic E-state index is 13.0. The molecule has 0 radical (unpaired) electrons. The highest BCUT2D eigenvalue weighted by Gasteiger charge is 2.44. The molecule has 0 saturated heterocycles. The highest BCUT2D eigenvalue weighted by Crippen LogP contribution is 2.40. The van der Waals surface area contributed by atoms with Crippen molar-refractivity contribution in [1.82, 2.24) is 5.32 Å². The maximum absolute atomic E-state index is 13.0. The fraction of sp³-hybridized carbons (Fsp3) is 0.846. The Morgan fingerprint density at radius 3 is 2.25 bits per heavy atom. The molecule has 1 amide bonds. The average molecular weight is 293 g/mol. The van der Waals surface area contributed by atoms with Crippen LogP contribution in [-0.4, -0.2) is 35.2 Å². The number of amides is 1. The van der Waals surface area contributed by atoms with Crippen molar-refractivity contribution in [3.63, 3.8) is 0 Å². The first-order valence-electron chi connectivity index (χ1n) is 6.57. The Morgan fingerprint density at radius 2 is 1.80 bits per heavy atom. The van der Waals surface area contributed by atoms with Crippen LogP contribution in [0.25, 0.3) is 0 Å². The van der Waals surface area contributed by atoms with Crippen LogP contribution >= 0.6 is 0 Å². The van der Waals surface area contributed by atoms with Crippen LogP contribution in [0, 0.1) is 11.8 Å². The van der Waals surface area contributed by atoms with Gasteiger partial charge in [0.1, 0.15) is 5.60 Å². The molecule has 20 heavy (non-hydrogen) atoms. The summed E-state index contributed by atoms with van der Waals surface area (Å²) in [6.07, 6.45) is -0.167. The minimum absolute atomic E-state index is 0.108. The summed E-state index contributed by atoms with van der Waals surface area (Å²) in [5, 5.41) is 10.9. The van der Waals surface area contributed by atoms with Crippen LogP contribution in [0.4, 0.5) is 13.6 Å². The van der Waals surface area contributed by atoms with Gasteiger partial charge in [-0.3, -0.25) is 0 Å². The highest BCUT2D eigenvalue weighted by atomic mass is 19.3. The molecule has 0 heterocycles. The Hall–Kier alpha value is -1.40. The summed E-state index contributed by atoms with van der Waals surface area (Å²) in [5.41, 5.74) is -0.574. The Kier molecular flexibility index (Phi) is 4.94. The molecule has 1 aliphatic rings. The second kappa shape index (κ2) is 5.93. The summed E-state index contributed by atoms with van der Waals surface area (Å²) in [6, 6.07) is 0. The molecule has 2 N–H and O–H groups in total. The molecule has 0 spiro atoms. The van der Waals surface area contributed by atoms with Gasteiger partial charge in [-0.15, -0.1) is 0 Å². The standard InChI is InChI=1S/C13H21F2NO4/c1-12(2,3)20-11(19)16-7-9-4-8(5-9)6-13(14,15)10(17)18/h8-9H,4-7H2,1-3H3,(H,16,19)(H,17,18). The number of aliphatic carboxylic acids is 1. The summed E-state index contributed by atoms with van der Waals surface area (Å²) in [7, 11) is 0. The van der Waals surface area contributed by atoms with Crippen molar-refractivity contribution in [2.24, 2.45) is 11.8 Å². The molecule has 0 aromatic heterocycles. The second-order valence-electron chi connectivity index (χ2n) is 6.30. The number of hydrogen-bond acceptors (Lipinski definition) is 3. The number of halogens is 2. The molecule has 0 unspecified atom stereocenters. The van der Waals surface area contributed by atoms with Gasteiger partial charge in [0.05, 0.1) is 0 Å². The van der Waals surface area contributed by atoms with E-state index >= 15 is 0 Å². The zero-order valence-electron chi connectivity index (χ0n) is 11.9. The molecular formula is C13H21F2NO4. The predicted molar refractivity (Wildman–Crippen MR) is 67.7 cm³/mol. The molecule has 0 aromatic rings. The normalized spacial score (nSPS) is 22.9. The van der Waals surface area contributed by atoms with E-state index in [4.69, 9.17) is 9.84 Å². The largest absolute Gasteiger partial charge is 0.477 e. The third-order valence-electron chi connectivity index (χ3n) is 3.13. The van der Waals surface area contributed by atoms with Gasteiger partial charge in [-0.05, 0) is 45.4 Å². The predicted octanol–water partition coefficient (Wildman–Crippen LogP) is 2.65. The summed E-state index contributed by atoms with van der Waals surface area (Å²) in [4.78, 5) is 21.7. The molecule has 1 saturated carbocycles. The molecule has 0 aliphatic heterocycles. The molecule has 0 aromatic carbocycles. The molecule has 1 aliphatic carbocycles. The van der Waals surface area contributed by atoms with Gasteiger partial charge in [0.25, 0.3) is 0 Å². The van der Waals surface area contributed by atoms with Crippen molar-refractivity contribution in [3.05, 3.63) is 0 Å².